The van der Waals surface area contributed by atoms with Crippen LogP contribution in [-0.2, 0) is 4.74 Å². The first kappa shape index (κ1) is 15.7. The predicted molar refractivity (Wildman–Crippen MR) is 87.3 cm³/mol. The molecule has 1 aliphatic heterocycles. The quantitative estimate of drug-likeness (QED) is 0.515. The Morgan fingerprint density at radius 2 is 2.28 bits per heavy atom. The maximum absolute atomic E-state index is 12.2. The van der Waals surface area contributed by atoms with Crippen LogP contribution in [0.25, 0.3) is 11.2 Å². The third kappa shape index (κ3) is 2.86. The third-order valence-corrected chi connectivity index (χ3v) is 4.04. The maximum atomic E-state index is 12.2. The lowest BCUT2D eigenvalue weighted by Gasteiger charge is -2.13. The summed E-state index contributed by atoms with van der Waals surface area (Å²) in [5.74, 6) is 0.749. The Morgan fingerprint density at radius 3 is 3.00 bits per heavy atom. The van der Waals surface area contributed by atoms with Gasteiger partial charge in [0.2, 0.25) is 5.95 Å². The first-order valence-electron chi connectivity index (χ1n) is 7.75. The standard InChI is InChI=1S/C15H16N6O4/c22-6-9-8(23)5-11(25-9)21-7-17-12-13(21)19-15(20-14(12)24)18-10-3-1-2-4-16-10/h1-4,7-9,11,22-23H,5-6H2,(H2,16,18,19,20,24)/t8-,9+,11+/m0/s1. The molecule has 4 heterocycles. The van der Waals surface area contributed by atoms with Gasteiger partial charge in [0.05, 0.1) is 19.0 Å². The number of pyridine rings is 1. The Hall–Kier alpha value is -2.82. The number of fused-ring (bicyclic) bond motifs is 1. The number of aliphatic hydroxyl groups excluding tert-OH is 2. The number of hydrogen-bond donors (Lipinski definition) is 4. The lowest BCUT2D eigenvalue weighted by Crippen LogP contribution is -2.24. The van der Waals surface area contributed by atoms with Crippen LogP contribution in [0.4, 0.5) is 11.8 Å². The van der Waals surface area contributed by atoms with E-state index in [-0.39, 0.29) is 24.5 Å². The number of H-pyrrole nitrogens is 1. The molecule has 0 unspecified atom stereocenters. The van der Waals surface area contributed by atoms with Crippen molar-refractivity contribution in [3.05, 3.63) is 41.1 Å². The van der Waals surface area contributed by atoms with Crippen LogP contribution >= 0.6 is 0 Å². The summed E-state index contributed by atoms with van der Waals surface area (Å²) in [6, 6.07) is 5.32. The molecule has 3 aromatic heterocycles. The average Bonchev–Trinajstić information content (AvgIpc) is 3.19. The van der Waals surface area contributed by atoms with Crippen molar-refractivity contribution in [1.29, 1.82) is 0 Å². The normalized spacial score (nSPS) is 23.2. The maximum Gasteiger partial charge on any atom is 0.280 e. The van der Waals surface area contributed by atoms with Crippen molar-refractivity contribution >= 4 is 22.9 Å². The molecule has 130 valence electrons. The molecule has 1 fully saturated rings. The molecule has 25 heavy (non-hydrogen) atoms. The van der Waals surface area contributed by atoms with Crippen LogP contribution in [0, 0.1) is 0 Å². The van der Waals surface area contributed by atoms with Crippen LogP contribution in [0.5, 0.6) is 0 Å². The van der Waals surface area contributed by atoms with Gasteiger partial charge in [-0.2, -0.15) is 4.98 Å². The van der Waals surface area contributed by atoms with Crippen LogP contribution in [0.1, 0.15) is 12.6 Å². The van der Waals surface area contributed by atoms with Crippen LogP contribution in [0.2, 0.25) is 0 Å². The minimum absolute atomic E-state index is 0.164. The first-order chi connectivity index (χ1) is 12.2. The van der Waals surface area contributed by atoms with Crippen molar-refractivity contribution in [2.24, 2.45) is 0 Å². The van der Waals surface area contributed by atoms with E-state index in [4.69, 9.17) is 4.74 Å². The summed E-state index contributed by atoms with van der Waals surface area (Å²) in [6.45, 7) is -0.287. The number of aliphatic hydroxyl groups is 2. The molecule has 0 aliphatic carbocycles. The Balaban J connectivity index is 1.71. The summed E-state index contributed by atoms with van der Waals surface area (Å²) in [6.07, 6.45) is 1.31. The van der Waals surface area contributed by atoms with Crippen molar-refractivity contribution in [2.45, 2.75) is 24.9 Å². The zero-order chi connectivity index (χ0) is 17.4. The van der Waals surface area contributed by atoms with Crippen LogP contribution in [0.15, 0.2) is 35.5 Å². The summed E-state index contributed by atoms with van der Waals surface area (Å²) in [5, 5.41) is 22.1. The summed E-state index contributed by atoms with van der Waals surface area (Å²) >= 11 is 0. The van der Waals surface area contributed by atoms with Gasteiger partial charge in [-0.3, -0.25) is 14.3 Å². The van der Waals surface area contributed by atoms with Gasteiger partial charge in [-0.05, 0) is 12.1 Å². The second-order valence-corrected chi connectivity index (χ2v) is 5.69. The zero-order valence-corrected chi connectivity index (χ0v) is 13.0. The van der Waals surface area contributed by atoms with Crippen LogP contribution in [0.3, 0.4) is 0 Å². The lowest BCUT2D eigenvalue weighted by molar-refractivity contribution is -0.0432. The number of ether oxygens (including phenoxy) is 1. The van der Waals surface area contributed by atoms with Gasteiger partial charge >= 0.3 is 0 Å². The summed E-state index contributed by atoms with van der Waals surface area (Å²) in [5.41, 5.74) is 0.0783. The highest BCUT2D eigenvalue weighted by molar-refractivity contribution is 5.71. The smallest absolute Gasteiger partial charge is 0.280 e. The van der Waals surface area contributed by atoms with Crippen molar-refractivity contribution in [1.82, 2.24) is 24.5 Å². The van der Waals surface area contributed by atoms with E-state index in [0.717, 1.165) is 0 Å². The number of aromatic nitrogens is 5. The SMILES string of the molecule is O=c1[nH]c(Nc2ccccn2)nc2c1ncn2[C@H]1C[C@H](O)[C@@H](CO)O1. The molecule has 1 aliphatic rings. The van der Waals surface area contributed by atoms with E-state index < -0.39 is 24.0 Å². The van der Waals surface area contributed by atoms with Gasteiger partial charge in [-0.1, -0.05) is 6.07 Å². The number of nitrogens with one attached hydrogen (secondary N) is 2. The van der Waals surface area contributed by atoms with Gasteiger partial charge in [0, 0.05) is 12.6 Å². The highest BCUT2D eigenvalue weighted by Crippen LogP contribution is 2.30. The van der Waals surface area contributed by atoms with Crippen molar-refractivity contribution in [2.75, 3.05) is 11.9 Å². The van der Waals surface area contributed by atoms with Crippen LogP contribution < -0.4 is 10.9 Å². The molecule has 0 bridgehead atoms. The molecule has 0 saturated carbocycles. The molecule has 0 spiro atoms. The number of imidazole rings is 1. The molecular weight excluding hydrogens is 328 g/mol. The molecule has 10 heteroatoms. The minimum Gasteiger partial charge on any atom is -0.394 e. The number of rotatable bonds is 4. The molecule has 0 radical (unpaired) electrons. The Labute approximate surface area is 141 Å². The average molecular weight is 344 g/mol. The van der Waals surface area contributed by atoms with Gasteiger partial charge in [-0.25, -0.2) is 9.97 Å². The number of nitrogens with zero attached hydrogens (tertiary/aromatic N) is 4. The summed E-state index contributed by atoms with van der Waals surface area (Å²) < 4.78 is 7.19. The fourth-order valence-corrected chi connectivity index (χ4v) is 2.80. The molecule has 3 atom stereocenters. The molecular formula is C15H16N6O4. The van der Waals surface area contributed by atoms with Gasteiger partial charge in [-0.15, -0.1) is 0 Å². The summed E-state index contributed by atoms with van der Waals surface area (Å²) in [7, 11) is 0. The monoisotopic (exact) mass is 344 g/mol. The number of hydrogen-bond acceptors (Lipinski definition) is 8. The predicted octanol–water partition coefficient (Wildman–Crippen LogP) is -0.101. The van der Waals surface area contributed by atoms with E-state index >= 15 is 0 Å². The highest BCUT2D eigenvalue weighted by atomic mass is 16.5. The van der Waals surface area contributed by atoms with Gasteiger partial charge in [0.15, 0.2) is 11.2 Å². The largest absolute Gasteiger partial charge is 0.394 e. The van der Waals surface area contributed by atoms with Crippen LogP contribution in [-0.4, -0.2) is 53.5 Å². The van der Waals surface area contributed by atoms with Gasteiger partial charge < -0.3 is 20.3 Å². The molecule has 0 aromatic carbocycles. The molecule has 4 rings (SSSR count). The van der Waals surface area contributed by atoms with E-state index in [1.165, 1.54) is 6.33 Å². The summed E-state index contributed by atoms with van der Waals surface area (Å²) in [4.78, 5) is 27.4. The molecule has 1 saturated heterocycles. The lowest BCUT2D eigenvalue weighted by atomic mass is 10.2. The van der Waals surface area contributed by atoms with E-state index in [2.05, 4.69) is 25.3 Å². The topological polar surface area (TPSA) is 138 Å². The van der Waals surface area contributed by atoms with E-state index in [1.807, 2.05) is 0 Å². The first-order valence-corrected chi connectivity index (χ1v) is 7.75. The van der Waals surface area contributed by atoms with Crippen molar-refractivity contribution < 1.29 is 14.9 Å². The minimum atomic E-state index is -0.791. The molecule has 0 amide bonds. The molecule has 3 aromatic rings. The Morgan fingerprint density at radius 1 is 1.40 bits per heavy atom. The third-order valence-electron chi connectivity index (χ3n) is 4.04. The number of aromatic amines is 1. The zero-order valence-electron chi connectivity index (χ0n) is 13.0. The fourth-order valence-electron chi connectivity index (χ4n) is 2.80. The van der Waals surface area contributed by atoms with E-state index in [9.17, 15) is 15.0 Å². The highest BCUT2D eigenvalue weighted by Gasteiger charge is 2.35. The second-order valence-electron chi connectivity index (χ2n) is 5.69. The van der Waals surface area contributed by atoms with Gasteiger partial charge in [0.1, 0.15) is 18.1 Å². The van der Waals surface area contributed by atoms with E-state index in [1.54, 1.807) is 29.0 Å². The fraction of sp³-hybridized carbons (Fsp3) is 0.333. The van der Waals surface area contributed by atoms with Crippen molar-refractivity contribution in [3.8, 4) is 0 Å². The van der Waals surface area contributed by atoms with Crippen molar-refractivity contribution in [3.63, 3.8) is 0 Å². The molecule has 10 nitrogen and oxygen atoms in total. The Bertz CT molecular complexity index is 940. The molecule has 4 N–H and O–H groups in total. The number of anilines is 2. The Kier molecular flexibility index (Phi) is 3.92. The van der Waals surface area contributed by atoms with Gasteiger partial charge in [0.25, 0.3) is 5.56 Å². The second kappa shape index (κ2) is 6.24. The van der Waals surface area contributed by atoms with E-state index in [0.29, 0.717) is 11.5 Å².